The first-order valence-corrected chi connectivity index (χ1v) is 6.80. The molecule has 0 saturated heterocycles. The van der Waals surface area contributed by atoms with Gasteiger partial charge in [0.1, 0.15) is 5.52 Å². The second kappa shape index (κ2) is 5.35. The van der Waals surface area contributed by atoms with Crippen LogP contribution in [0.4, 0.5) is 0 Å². The van der Waals surface area contributed by atoms with Gasteiger partial charge in [-0.05, 0) is 29.8 Å². The van der Waals surface area contributed by atoms with Crippen LogP contribution in [0.2, 0.25) is 10.0 Å². The molecular weight excluding hydrogens is 313 g/mol. The lowest BCUT2D eigenvalue weighted by Crippen LogP contribution is -2.03. The molecule has 7 heteroatoms. The van der Waals surface area contributed by atoms with Crippen LogP contribution in [0.15, 0.2) is 36.4 Å². The van der Waals surface area contributed by atoms with E-state index in [1.54, 1.807) is 41.1 Å². The molecule has 0 radical (unpaired) electrons. The molecule has 0 amide bonds. The molecule has 3 rings (SSSR count). The van der Waals surface area contributed by atoms with Crippen molar-refractivity contribution in [3.8, 4) is 0 Å². The van der Waals surface area contributed by atoms with Crippen molar-refractivity contribution in [2.75, 3.05) is 0 Å². The maximum absolute atomic E-state index is 10.8. The third-order valence-corrected chi connectivity index (χ3v) is 3.81. The third-order valence-electron chi connectivity index (χ3n) is 3.09. The fraction of sp³-hybridized carbons (Fsp3) is 0.0714. The molecule has 1 heterocycles. The number of aromatic carboxylic acids is 1. The predicted octanol–water partition coefficient (Wildman–Crippen LogP) is 3.48. The first-order valence-electron chi connectivity index (χ1n) is 6.05. The maximum Gasteiger partial charge on any atom is 0.335 e. The summed E-state index contributed by atoms with van der Waals surface area (Å²) < 4.78 is 1.69. The van der Waals surface area contributed by atoms with Crippen LogP contribution in [0, 0.1) is 0 Å². The second-order valence-electron chi connectivity index (χ2n) is 4.50. The van der Waals surface area contributed by atoms with Gasteiger partial charge in [-0.25, -0.2) is 9.48 Å². The summed E-state index contributed by atoms with van der Waals surface area (Å²) in [5.41, 5.74) is 2.59. The van der Waals surface area contributed by atoms with E-state index >= 15 is 0 Å². The summed E-state index contributed by atoms with van der Waals surface area (Å²) in [7, 11) is 0. The Morgan fingerprint density at radius 3 is 2.48 bits per heavy atom. The number of carbonyl (C=O) groups is 1. The first kappa shape index (κ1) is 13.9. The highest BCUT2D eigenvalue weighted by molar-refractivity contribution is 6.42. The van der Waals surface area contributed by atoms with Gasteiger partial charge in [0.25, 0.3) is 0 Å². The van der Waals surface area contributed by atoms with Crippen LogP contribution in [0.1, 0.15) is 15.9 Å². The van der Waals surface area contributed by atoms with Crippen molar-refractivity contribution in [1.29, 1.82) is 0 Å². The number of carboxylic acids is 1. The Bertz CT molecular complexity index is 828. The summed E-state index contributed by atoms with van der Waals surface area (Å²) in [4.78, 5) is 10.8. The Morgan fingerprint density at radius 1 is 1.14 bits per heavy atom. The van der Waals surface area contributed by atoms with Gasteiger partial charge in [-0.2, -0.15) is 0 Å². The highest BCUT2D eigenvalue weighted by Gasteiger charge is 2.09. The Labute approximate surface area is 129 Å². The van der Waals surface area contributed by atoms with E-state index in [0.29, 0.717) is 22.1 Å². The van der Waals surface area contributed by atoms with Gasteiger partial charge in [0.2, 0.25) is 0 Å². The first-order chi connectivity index (χ1) is 10.0. The number of halogens is 2. The normalized spacial score (nSPS) is 11.0. The van der Waals surface area contributed by atoms with Crippen LogP contribution >= 0.6 is 23.2 Å². The molecule has 0 saturated carbocycles. The standard InChI is InChI=1S/C14H9Cl2N3O2/c15-10-5-12-13(6-11(10)16)19(18-17-12)7-8-1-3-9(4-2-8)14(20)21/h1-6H,7H2,(H,20,21). The van der Waals surface area contributed by atoms with Crippen LogP contribution < -0.4 is 0 Å². The maximum atomic E-state index is 10.8. The fourth-order valence-corrected chi connectivity index (χ4v) is 2.32. The summed E-state index contributed by atoms with van der Waals surface area (Å²) in [6.45, 7) is 0.467. The van der Waals surface area contributed by atoms with Gasteiger partial charge in [0.15, 0.2) is 0 Å². The van der Waals surface area contributed by atoms with Gasteiger partial charge < -0.3 is 5.11 Å². The monoisotopic (exact) mass is 321 g/mol. The molecule has 0 spiro atoms. The Balaban J connectivity index is 1.94. The number of fused-ring (bicyclic) bond motifs is 1. The van der Waals surface area contributed by atoms with E-state index in [1.807, 2.05) is 0 Å². The molecule has 0 fully saturated rings. The minimum atomic E-state index is -0.950. The van der Waals surface area contributed by atoms with Gasteiger partial charge in [-0.3, -0.25) is 0 Å². The van der Waals surface area contributed by atoms with Gasteiger partial charge in [-0.15, -0.1) is 5.10 Å². The van der Waals surface area contributed by atoms with Crippen LogP contribution in [0.25, 0.3) is 11.0 Å². The molecule has 106 valence electrons. The average Bonchev–Trinajstić information content (AvgIpc) is 2.82. The topological polar surface area (TPSA) is 68.0 Å². The van der Waals surface area contributed by atoms with Gasteiger partial charge in [0.05, 0.1) is 27.7 Å². The minimum absolute atomic E-state index is 0.247. The summed E-state index contributed by atoms with van der Waals surface area (Å²) >= 11 is 11.9. The minimum Gasteiger partial charge on any atom is -0.478 e. The molecule has 1 aromatic heterocycles. The molecule has 0 atom stereocenters. The van der Waals surface area contributed by atoms with Crippen LogP contribution in [0.5, 0.6) is 0 Å². The van der Waals surface area contributed by atoms with Crippen LogP contribution in [-0.4, -0.2) is 26.1 Å². The van der Waals surface area contributed by atoms with E-state index in [2.05, 4.69) is 10.3 Å². The summed E-state index contributed by atoms with van der Waals surface area (Å²) in [5, 5.41) is 17.8. The lowest BCUT2D eigenvalue weighted by atomic mass is 10.1. The second-order valence-corrected chi connectivity index (χ2v) is 5.32. The molecule has 0 aliphatic rings. The predicted molar refractivity (Wildman–Crippen MR) is 80.1 cm³/mol. The molecule has 0 aliphatic carbocycles. The molecule has 21 heavy (non-hydrogen) atoms. The van der Waals surface area contributed by atoms with E-state index < -0.39 is 5.97 Å². The number of hydrogen-bond donors (Lipinski definition) is 1. The Morgan fingerprint density at radius 2 is 1.81 bits per heavy atom. The van der Waals surface area contributed by atoms with Gasteiger partial charge in [-0.1, -0.05) is 40.5 Å². The molecule has 2 aromatic carbocycles. The molecule has 0 aliphatic heterocycles. The third kappa shape index (κ3) is 2.70. The number of aromatic nitrogens is 3. The Hall–Kier alpha value is -2.11. The van der Waals surface area contributed by atoms with Crippen molar-refractivity contribution in [1.82, 2.24) is 15.0 Å². The van der Waals surface area contributed by atoms with E-state index in [4.69, 9.17) is 28.3 Å². The largest absolute Gasteiger partial charge is 0.478 e. The van der Waals surface area contributed by atoms with Crippen molar-refractivity contribution in [2.24, 2.45) is 0 Å². The van der Waals surface area contributed by atoms with E-state index in [-0.39, 0.29) is 5.56 Å². The van der Waals surface area contributed by atoms with E-state index in [1.165, 1.54) is 0 Å². The molecule has 5 nitrogen and oxygen atoms in total. The zero-order valence-corrected chi connectivity index (χ0v) is 12.1. The van der Waals surface area contributed by atoms with E-state index in [9.17, 15) is 4.79 Å². The average molecular weight is 322 g/mol. The summed E-state index contributed by atoms with van der Waals surface area (Å²) in [5.74, 6) is -0.950. The molecule has 1 N–H and O–H groups in total. The summed E-state index contributed by atoms with van der Waals surface area (Å²) in [6.07, 6.45) is 0. The smallest absolute Gasteiger partial charge is 0.335 e. The van der Waals surface area contributed by atoms with Crippen molar-refractivity contribution >= 4 is 40.2 Å². The number of rotatable bonds is 3. The van der Waals surface area contributed by atoms with Crippen molar-refractivity contribution < 1.29 is 9.90 Å². The van der Waals surface area contributed by atoms with Crippen molar-refractivity contribution in [3.05, 3.63) is 57.6 Å². The molecule has 0 bridgehead atoms. The summed E-state index contributed by atoms with van der Waals surface area (Å²) in [6, 6.07) is 9.98. The highest BCUT2D eigenvalue weighted by Crippen LogP contribution is 2.26. The zero-order valence-electron chi connectivity index (χ0n) is 10.6. The molecular formula is C14H9Cl2N3O2. The molecule has 0 unspecified atom stereocenters. The van der Waals surface area contributed by atoms with Gasteiger partial charge in [0, 0.05) is 0 Å². The number of hydrogen-bond acceptors (Lipinski definition) is 3. The van der Waals surface area contributed by atoms with Crippen LogP contribution in [-0.2, 0) is 6.54 Å². The number of carboxylic acid groups (broad SMARTS) is 1. The number of nitrogens with zero attached hydrogens (tertiary/aromatic N) is 3. The lowest BCUT2D eigenvalue weighted by molar-refractivity contribution is 0.0697. The zero-order chi connectivity index (χ0) is 15.0. The lowest BCUT2D eigenvalue weighted by Gasteiger charge is -2.04. The van der Waals surface area contributed by atoms with E-state index in [0.717, 1.165) is 11.1 Å². The number of benzene rings is 2. The van der Waals surface area contributed by atoms with Gasteiger partial charge >= 0.3 is 5.97 Å². The quantitative estimate of drug-likeness (QED) is 0.801. The fourth-order valence-electron chi connectivity index (χ4n) is 2.01. The SMILES string of the molecule is O=C(O)c1ccc(Cn2nnc3cc(Cl)c(Cl)cc32)cc1. The van der Waals surface area contributed by atoms with Crippen molar-refractivity contribution in [3.63, 3.8) is 0 Å². The van der Waals surface area contributed by atoms with Crippen molar-refractivity contribution in [2.45, 2.75) is 6.54 Å². The highest BCUT2D eigenvalue weighted by atomic mass is 35.5. The molecule has 3 aromatic rings. The Kier molecular flexibility index (Phi) is 3.53. The van der Waals surface area contributed by atoms with Crippen LogP contribution in [0.3, 0.4) is 0 Å².